The fourth-order valence-electron chi connectivity index (χ4n) is 6.36. The Labute approximate surface area is 290 Å². The van der Waals surface area contributed by atoms with E-state index in [-0.39, 0.29) is 68.5 Å². The normalized spacial score (nSPS) is 19.7. The Balaban J connectivity index is 1.29. The number of piperazine rings is 1. The van der Waals surface area contributed by atoms with Gasteiger partial charge in [-0.15, -0.1) is 0 Å². The Morgan fingerprint density at radius 2 is 1.76 bits per heavy atom. The first-order valence-electron chi connectivity index (χ1n) is 17.2. The number of amides is 5. The van der Waals surface area contributed by atoms with E-state index in [1.165, 1.54) is 25.4 Å². The van der Waals surface area contributed by atoms with E-state index in [2.05, 4.69) is 15.7 Å². The maximum atomic E-state index is 13.7. The third-order valence-electron chi connectivity index (χ3n) is 9.27. The minimum Gasteiger partial charge on any atom is -0.481 e. The Morgan fingerprint density at radius 1 is 1.00 bits per heavy atom. The van der Waals surface area contributed by atoms with Crippen molar-refractivity contribution in [3.63, 3.8) is 0 Å². The van der Waals surface area contributed by atoms with E-state index >= 15 is 0 Å². The molecule has 5 amide bonds. The Hall–Kier alpha value is -5.15. The van der Waals surface area contributed by atoms with E-state index in [0.29, 0.717) is 25.1 Å². The van der Waals surface area contributed by atoms with Gasteiger partial charge in [-0.1, -0.05) is 18.2 Å². The number of para-hydroxylation sites is 1. The zero-order valence-electron chi connectivity index (χ0n) is 28.4. The largest absolute Gasteiger partial charge is 0.481 e. The lowest BCUT2D eigenvalue weighted by molar-refractivity contribution is -0.140. The molecule has 50 heavy (non-hydrogen) atoms. The van der Waals surface area contributed by atoms with Crippen LogP contribution in [0.2, 0.25) is 0 Å². The minimum absolute atomic E-state index is 0.0847. The summed E-state index contributed by atoms with van der Waals surface area (Å²) in [7, 11) is 0. The lowest BCUT2D eigenvalue weighted by atomic mass is 9.93. The molecule has 16 heteroatoms. The first-order valence-corrected chi connectivity index (χ1v) is 17.2. The van der Waals surface area contributed by atoms with Gasteiger partial charge in [-0.3, -0.25) is 24.0 Å². The predicted octanol–water partition coefficient (Wildman–Crippen LogP) is 1.56. The van der Waals surface area contributed by atoms with Crippen molar-refractivity contribution >= 4 is 35.7 Å². The SMILES string of the molecule is CCOC(=O)N1CCN(C(=O)C(CCC(=O)O)NC(=O)c2cc(OCC(=O)N3CCCC3C(=O)NC3CCC3)n(-c3ccccc3)n2)C(C)C1. The summed E-state index contributed by atoms with van der Waals surface area (Å²) >= 11 is 0. The van der Waals surface area contributed by atoms with Gasteiger partial charge in [-0.05, 0) is 64.5 Å². The second kappa shape index (κ2) is 16.5. The number of benzene rings is 1. The van der Waals surface area contributed by atoms with Crippen molar-refractivity contribution in [1.29, 1.82) is 0 Å². The number of carbonyl (C=O) groups excluding carboxylic acids is 5. The molecule has 2 aromatic rings. The van der Waals surface area contributed by atoms with Gasteiger partial charge in [-0.25, -0.2) is 9.48 Å². The van der Waals surface area contributed by atoms with Crippen molar-refractivity contribution < 1.29 is 43.3 Å². The van der Waals surface area contributed by atoms with Crippen LogP contribution >= 0.6 is 0 Å². The third-order valence-corrected chi connectivity index (χ3v) is 9.27. The molecule has 16 nitrogen and oxygen atoms in total. The molecular weight excluding hydrogens is 650 g/mol. The van der Waals surface area contributed by atoms with Crippen LogP contribution in [0.25, 0.3) is 5.69 Å². The summed E-state index contributed by atoms with van der Waals surface area (Å²) in [5.41, 5.74) is 0.420. The van der Waals surface area contributed by atoms with Crippen LogP contribution in [-0.2, 0) is 23.9 Å². The van der Waals surface area contributed by atoms with Crippen LogP contribution < -0.4 is 15.4 Å². The number of ether oxygens (including phenoxy) is 2. The molecule has 3 heterocycles. The second-order valence-electron chi connectivity index (χ2n) is 12.8. The summed E-state index contributed by atoms with van der Waals surface area (Å²) in [6, 6.07) is 8.14. The molecule has 3 N–H and O–H groups in total. The van der Waals surface area contributed by atoms with Crippen molar-refractivity contribution in [2.45, 2.75) is 83.0 Å². The number of rotatable bonds is 13. The zero-order chi connectivity index (χ0) is 35.8. The molecule has 1 saturated carbocycles. The number of carbonyl (C=O) groups is 6. The van der Waals surface area contributed by atoms with Gasteiger partial charge >= 0.3 is 12.1 Å². The minimum atomic E-state index is -1.19. The van der Waals surface area contributed by atoms with E-state index in [0.717, 1.165) is 19.3 Å². The highest BCUT2D eigenvalue weighted by atomic mass is 16.6. The molecule has 3 unspecified atom stereocenters. The number of aliphatic carboxylic acids is 1. The molecule has 2 saturated heterocycles. The van der Waals surface area contributed by atoms with E-state index in [1.54, 1.807) is 44.2 Å². The molecule has 3 atom stereocenters. The van der Waals surface area contributed by atoms with Gasteiger partial charge in [0.15, 0.2) is 12.3 Å². The number of nitrogens with one attached hydrogen (secondary N) is 2. The molecule has 1 aliphatic carbocycles. The number of hydrogen-bond acceptors (Lipinski definition) is 9. The lowest BCUT2D eigenvalue weighted by Gasteiger charge is -2.40. The fourth-order valence-corrected chi connectivity index (χ4v) is 6.36. The Kier molecular flexibility index (Phi) is 11.9. The predicted molar refractivity (Wildman–Crippen MR) is 177 cm³/mol. The summed E-state index contributed by atoms with van der Waals surface area (Å²) in [5, 5.41) is 19.5. The molecule has 270 valence electrons. The molecule has 3 aliphatic rings. The average Bonchev–Trinajstić information content (AvgIpc) is 3.75. The molecule has 1 aromatic carbocycles. The smallest absolute Gasteiger partial charge is 0.409 e. The maximum Gasteiger partial charge on any atom is 0.409 e. The molecule has 0 spiro atoms. The molecule has 2 aliphatic heterocycles. The van der Waals surface area contributed by atoms with Gasteiger partial charge in [-0.2, -0.15) is 5.10 Å². The molecule has 1 aromatic heterocycles. The van der Waals surface area contributed by atoms with E-state index in [9.17, 15) is 33.9 Å². The van der Waals surface area contributed by atoms with Crippen LogP contribution in [0.5, 0.6) is 5.88 Å². The quantitative estimate of drug-likeness (QED) is 0.277. The van der Waals surface area contributed by atoms with Crippen LogP contribution in [0.4, 0.5) is 4.79 Å². The van der Waals surface area contributed by atoms with Crippen molar-refractivity contribution in [2.24, 2.45) is 0 Å². The van der Waals surface area contributed by atoms with Gasteiger partial charge in [0.1, 0.15) is 12.1 Å². The number of hydrogen-bond donors (Lipinski definition) is 3. The summed E-state index contributed by atoms with van der Waals surface area (Å²) in [5.74, 6) is -2.81. The lowest BCUT2D eigenvalue weighted by Crippen LogP contribution is -2.59. The summed E-state index contributed by atoms with van der Waals surface area (Å²) in [6.07, 6.45) is 3.20. The highest BCUT2D eigenvalue weighted by molar-refractivity contribution is 5.96. The number of aromatic nitrogens is 2. The average molecular weight is 696 g/mol. The second-order valence-corrected chi connectivity index (χ2v) is 12.8. The highest BCUT2D eigenvalue weighted by Crippen LogP contribution is 2.24. The fraction of sp³-hybridized carbons (Fsp3) is 0.559. The van der Waals surface area contributed by atoms with Crippen molar-refractivity contribution in [1.82, 2.24) is 35.1 Å². The molecule has 5 rings (SSSR count). The summed E-state index contributed by atoms with van der Waals surface area (Å²) in [6.45, 7) is 4.32. The summed E-state index contributed by atoms with van der Waals surface area (Å²) in [4.78, 5) is 81.7. The van der Waals surface area contributed by atoms with Crippen molar-refractivity contribution in [2.75, 3.05) is 39.4 Å². The standard InChI is InChI=1S/C34H45N7O9/c1-3-49-34(48)38-17-18-39(22(2)20-38)33(47)25(14-15-30(43)44)36-31(45)26-19-29(41(37-26)24-11-5-4-6-12-24)50-21-28(42)40-16-8-13-27(40)32(46)35-23-9-7-10-23/h4-6,11-12,19,22-23,25,27H,3,7-10,13-18,20-21H2,1-2H3,(H,35,46)(H,36,45)(H,43,44). The van der Waals surface area contributed by atoms with Gasteiger partial charge < -0.3 is 39.9 Å². The van der Waals surface area contributed by atoms with Gasteiger partial charge in [0, 0.05) is 50.7 Å². The topological polar surface area (TPSA) is 193 Å². The Bertz CT molecular complexity index is 1560. The van der Waals surface area contributed by atoms with Crippen LogP contribution in [0.1, 0.15) is 69.3 Å². The van der Waals surface area contributed by atoms with Crippen molar-refractivity contribution in [3.05, 3.63) is 42.1 Å². The zero-order valence-corrected chi connectivity index (χ0v) is 28.4. The van der Waals surface area contributed by atoms with E-state index in [4.69, 9.17) is 9.47 Å². The van der Waals surface area contributed by atoms with Gasteiger partial charge in [0.05, 0.1) is 12.3 Å². The Morgan fingerprint density at radius 3 is 2.42 bits per heavy atom. The molecule has 0 radical (unpaired) electrons. The summed E-state index contributed by atoms with van der Waals surface area (Å²) < 4.78 is 12.4. The number of carboxylic acid groups (broad SMARTS) is 1. The van der Waals surface area contributed by atoms with Crippen LogP contribution in [0, 0.1) is 0 Å². The maximum absolute atomic E-state index is 13.7. The third kappa shape index (κ3) is 8.71. The molecular formula is C34H45N7O9. The van der Waals surface area contributed by atoms with Crippen LogP contribution in [-0.4, -0.2) is 129 Å². The van der Waals surface area contributed by atoms with Crippen LogP contribution in [0.3, 0.4) is 0 Å². The van der Waals surface area contributed by atoms with Crippen molar-refractivity contribution in [3.8, 4) is 11.6 Å². The number of likely N-dealkylation sites (tertiary alicyclic amines) is 1. The van der Waals surface area contributed by atoms with E-state index in [1.807, 2.05) is 0 Å². The molecule has 3 fully saturated rings. The van der Waals surface area contributed by atoms with Crippen LogP contribution in [0.15, 0.2) is 36.4 Å². The number of carboxylic acids is 1. The van der Waals surface area contributed by atoms with E-state index < -0.39 is 48.6 Å². The highest BCUT2D eigenvalue weighted by Gasteiger charge is 2.37. The monoisotopic (exact) mass is 695 g/mol. The number of nitrogens with zero attached hydrogens (tertiary/aromatic N) is 5. The first kappa shape index (κ1) is 36.1. The van der Waals surface area contributed by atoms with Gasteiger partial charge in [0.2, 0.25) is 17.7 Å². The first-order chi connectivity index (χ1) is 24.0. The van der Waals surface area contributed by atoms with Gasteiger partial charge in [0.25, 0.3) is 11.8 Å². The molecule has 0 bridgehead atoms.